The first-order chi connectivity index (χ1) is 6.72. The molecule has 1 heterocycles. The van der Waals surface area contributed by atoms with Crippen LogP contribution in [0.15, 0.2) is 22.7 Å². The lowest BCUT2D eigenvalue weighted by molar-refractivity contribution is 0.247. The van der Waals surface area contributed by atoms with Crippen molar-refractivity contribution in [2.24, 2.45) is 0 Å². The second-order valence-corrected chi connectivity index (χ2v) is 4.90. The van der Waals surface area contributed by atoms with E-state index < -0.39 is 0 Å². The molecule has 0 N–H and O–H groups in total. The Hall–Kier alpha value is -0.340. The van der Waals surface area contributed by atoms with E-state index in [2.05, 4.69) is 52.9 Å². The zero-order valence-electron chi connectivity index (χ0n) is 8.76. The van der Waals surface area contributed by atoms with Crippen molar-refractivity contribution in [2.75, 3.05) is 13.1 Å². The predicted octanol–water partition coefficient (Wildman–Crippen LogP) is 3.39. The zero-order valence-corrected chi connectivity index (χ0v) is 10.3. The summed E-state index contributed by atoms with van der Waals surface area (Å²) in [4.78, 5) is 2.50. The molecule has 1 unspecified atom stereocenters. The Labute approximate surface area is 94.2 Å². The molecule has 0 spiro atoms. The summed E-state index contributed by atoms with van der Waals surface area (Å²) in [6.45, 7) is 7.99. The van der Waals surface area contributed by atoms with Crippen molar-refractivity contribution in [1.82, 2.24) is 4.90 Å². The number of hydrogen-bond donors (Lipinski definition) is 0. The van der Waals surface area contributed by atoms with Gasteiger partial charge in [0.1, 0.15) is 0 Å². The molecule has 1 nitrogen and oxygen atoms in total. The molecule has 0 radical (unpaired) electrons. The first kappa shape index (κ1) is 10.2. The molecule has 1 aromatic carbocycles. The van der Waals surface area contributed by atoms with Gasteiger partial charge in [0.15, 0.2) is 0 Å². The smallest absolute Gasteiger partial charge is 0.0237 e. The third-order valence-electron chi connectivity index (χ3n) is 3.01. The first-order valence-corrected chi connectivity index (χ1v) is 6.01. The van der Waals surface area contributed by atoms with Crippen LogP contribution in [-0.4, -0.2) is 18.0 Å². The second kappa shape index (κ2) is 4.03. The highest BCUT2D eigenvalue weighted by Crippen LogP contribution is 2.33. The van der Waals surface area contributed by atoms with Crippen LogP contribution in [0.1, 0.15) is 30.9 Å². The van der Waals surface area contributed by atoms with Gasteiger partial charge in [-0.05, 0) is 29.7 Å². The summed E-state index contributed by atoms with van der Waals surface area (Å²) in [7, 11) is 0. The summed E-state index contributed by atoms with van der Waals surface area (Å²) >= 11 is 3.65. The van der Waals surface area contributed by atoms with Gasteiger partial charge in [-0.3, -0.25) is 4.90 Å². The van der Waals surface area contributed by atoms with Crippen molar-refractivity contribution in [3.05, 3.63) is 33.8 Å². The molecule has 0 amide bonds. The fraction of sp³-hybridized carbons (Fsp3) is 0.500. The predicted molar refractivity (Wildman–Crippen MR) is 63.5 cm³/mol. The van der Waals surface area contributed by atoms with Gasteiger partial charge in [0.25, 0.3) is 0 Å². The Bertz CT molecular complexity index is 335. The van der Waals surface area contributed by atoms with Crippen molar-refractivity contribution in [2.45, 2.75) is 26.3 Å². The number of halogens is 1. The van der Waals surface area contributed by atoms with E-state index in [0.29, 0.717) is 5.92 Å². The molecule has 0 saturated heterocycles. The molecule has 0 bridgehead atoms. The van der Waals surface area contributed by atoms with Crippen LogP contribution in [0, 0.1) is 0 Å². The number of fused-ring (bicyclic) bond motifs is 1. The first-order valence-electron chi connectivity index (χ1n) is 5.22. The average molecular weight is 254 g/mol. The van der Waals surface area contributed by atoms with Gasteiger partial charge in [0.2, 0.25) is 0 Å². The van der Waals surface area contributed by atoms with Crippen molar-refractivity contribution in [3.8, 4) is 0 Å². The largest absolute Gasteiger partial charge is 0.299 e. The van der Waals surface area contributed by atoms with E-state index in [-0.39, 0.29) is 0 Å². The van der Waals surface area contributed by atoms with Crippen LogP contribution in [0.4, 0.5) is 0 Å². The Morgan fingerprint density at radius 2 is 2.29 bits per heavy atom. The van der Waals surface area contributed by atoms with Gasteiger partial charge in [-0.25, -0.2) is 0 Å². The Kier molecular flexibility index (Phi) is 2.93. The lowest BCUT2D eigenvalue weighted by atomic mass is 9.91. The Balaban J connectivity index is 2.39. The molecule has 0 fully saturated rings. The van der Waals surface area contributed by atoms with Crippen molar-refractivity contribution in [1.29, 1.82) is 0 Å². The van der Waals surface area contributed by atoms with Gasteiger partial charge in [0.05, 0.1) is 0 Å². The molecule has 2 rings (SSSR count). The van der Waals surface area contributed by atoms with Crippen LogP contribution < -0.4 is 0 Å². The Morgan fingerprint density at radius 1 is 1.50 bits per heavy atom. The third kappa shape index (κ3) is 1.73. The molecule has 1 aliphatic heterocycles. The summed E-state index contributed by atoms with van der Waals surface area (Å²) in [6, 6.07) is 6.53. The molecule has 1 aromatic rings. The summed E-state index contributed by atoms with van der Waals surface area (Å²) in [5, 5.41) is 0. The van der Waals surface area contributed by atoms with Gasteiger partial charge in [-0.1, -0.05) is 41.9 Å². The maximum Gasteiger partial charge on any atom is 0.0237 e. The molecule has 1 atom stereocenters. The van der Waals surface area contributed by atoms with Gasteiger partial charge in [0, 0.05) is 17.6 Å². The highest BCUT2D eigenvalue weighted by atomic mass is 79.9. The van der Waals surface area contributed by atoms with Crippen LogP contribution in [0.25, 0.3) is 0 Å². The zero-order chi connectivity index (χ0) is 10.1. The van der Waals surface area contributed by atoms with E-state index in [4.69, 9.17) is 0 Å². The molecular weight excluding hydrogens is 238 g/mol. The molecule has 0 saturated carbocycles. The van der Waals surface area contributed by atoms with Gasteiger partial charge in [-0.2, -0.15) is 0 Å². The standard InChI is InChI=1S/C12H16BrN/c1-3-14-7-9(2)12-10(8-14)5-4-6-11(12)13/h4-6,9H,3,7-8H2,1-2H3. The van der Waals surface area contributed by atoms with E-state index >= 15 is 0 Å². The highest BCUT2D eigenvalue weighted by molar-refractivity contribution is 9.10. The fourth-order valence-electron chi connectivity index (χ4n) is 2.30. The minimum Gasteiger partial charge on any atom is -0.299 e. The molecule has 1 aliphatic rings. The van der Waals surface area contributed by atoms with Crippen molar-refractivity contribution in [3.63, 3.8) is 0 Å². The van der Waals surface area contributed by atoms with Gasteiger partial charge < -0.3 is 0 Å². The number of rotatable bonds is 1. The van der Waals surface area contributed by atoms with Crippen LogP contribution in [-0.2, 0) is 6.54 Å². The van der Waals surface area contributed by atoms with Crippen LogP contribution in [0.3, 0.4) is 0 Å². The molecule has 2 heteroatoms. The monoisotopic (exact) mass is 253 g/mol. The van der Waals surface area contributed by atoms with E-state index in [9.17, 15) is 0 Å². The number of nitrogens with zero attached hydrogens (tertiary/aromatic N) is 1. The number of hydrogen-bond acceptors (Lipinski definition) is 1. The SMILES string of the molecule is CCN1Cc2cccc(Br)c2C(C)C1. The van der Waals surface area contributed by atoms with E-state index in [1.807, 2.05) is 0 Å². The molecule has 0 aliphatic carbocycles. The normalized spacial score (nSPS) is 22.1. The third-order valence-corrected chi connectivity index (χ3v) is 3.70. The van der Waals surface area contributed by atoms with Gasteiger partial charge in [-0.15, -0.1) is 0 Å². The molecule has 0 aromatic heterocycles. The summed E-state index contributed by atoms with van der Waals surface area (Å²) in [5.41, 5.74) is 3.00. The lowest BCUT2D eigenvalue weighted by Gasteiger charge is -2.32. The molecule has 76 valence electrons. The number of likely N-dealkylation sites (N-methyl/N-ethyl adjacent to an activating group) is 1. The topological polar surface area (TPSA) is 3.24 Å². The maximum absolute atomic E-state index is 3.65. The lowest BCUT2D eigenvalue weighted by Crippen LogP contribution is -2.32. The summed E-state index contributed by atoms with van der Waals surface area (Å²) in [6.07, 6.45) is 0. The second-order valence-electron chi connectivity index (χ2n) is 4.04. The minimum absolute atomic E-state index is 0.647. The molecular formula is C12H16BrN. The maximum atomic E-state index is 3.65. The Morgan fingerprint density at radius 3 is 3.00 bits per heavy atom. The summed E-state index contributed by atoms with van der Waals surface area (Å²) in [5.74, 6) is 0.647. The number of benzene rings is 1. The van der Waals surface area contributed by atoms with Gasteiger partial charge >= 0.3 is 0 Å². The van der Waals surface area contributed by atoms with Crippen molar-refractivity contribution < 1.29 is 0 Å². The molecule has 14 heavy (non-hydrogen) atoms. The van der Waals surface area contributed by atoms with E-state index in [0.717, 1.165) is 13.1 Å². The van der Waals surface area contributed by atoms with Crippen LogP contribution in [0.2, 0.25) is 0 Å². The fourth-order valence-corrected chi connectivity index (χ4v) is 3.09. The van der Waals surface area contributed by atoms with Crippen LogP contribution in [0.5, 0.6) is 0 Å². The average Bonchev–Trinajstić information content (AvgIpc) is 2.17. The van der Waals surface area contributed by atoms with E-state index in [1.54, 1.807) is 0 Å². The van der Waals surface area contributed by atoms with Crippen LogP contribution >= 0.6 is 15.9 Å². The van der Waals surface area contributed by atoms with E-state index in [1.165, 1.54) is 22.1 Å². The van der Waals surface area contributed by atoms with Crippen molar-refractivity contribution >= 4 is 15.9 Å². The quantitative estimate of drug-likeness (QED) is 0.742. The summed E-state index contributed by atoms with van der Waals surface area (Å²) < 4.78 is 1.28. The highest BCUT2D eigenvalue weighted by Gasteiger charge is 2.22. The minimum atomic E-state index is 0.647.